The molecule has 5 rings (SSSR count). The molecule has 0 radical (unpaired) electrons. The predicted molar refractivity (Wildman–Crippen MR) is 152 cm³/mol. The molecule has 14 heteroatoms. The number of pyridine rings is 1. The molecule has 1 N–H and O–H groups in total. The number of amides is 1. The van der Waals surface area contributed by atoms with Crippen molar-refractivity contribution in [3.05, 3.63) is 86.6 Å². The monoisotopic (exact) mass is 596 g/mol. The highest BCUT2D eigenvalue weighted by Crippen LogP contribution is 2.26. The number of aromatic nitrogens is 4. The molecule has 3 aromatic heterocycles. The van der Waals surface area contributed by atoms with Crippen LogP contribution in [-0.4, -0.2) is 69.3 Å². The molecular formula is C29H30F2N6O6. The van der Waals surface area contributed by atoms with E-state index in [1.165, 1.54) is 31.1 Å². The van der Waals surface area contributed by atoms with Gasteiger partial charge in [-0.15, -0.1) is 0 Å². The minimum absolute atomic E-state index is 0.112. The van der Waals surface area contributed by atoms with Gasteiger partial charge in [0.25, 0.3) is 11.5 Å². The maximum atomic E-state index is 15.2. The number of esters is 1. The van der Waals surface area contributed by atoms with E-state index in [9.17, 15) is 19.2 Å². The first-order valence-corrected chi connectivity index (χ1v) is 13.5. The van der Waals surface area contributed by atoms with Gasteiger partial charge in [0.15, 0.2) is 0 Å². The molecule has 0 aliphatic carbocycles. The van der Waals surface area contributed by atoms with Gasteiger partial charge in [-0.2, -0.15) is 0 Å². The third-order valence-electron chi connectivity index (χ3n) is 7.53. The van der Waals surface area contributed by atoms with Crippen LogP contribution in [0.5, 0.6) is 0 Å². The third kappa shape index (κ3) is 5.52. The van der Waals surface area contributed by atoms with Crippen LogP contribution in [0.1, 0.15) is 23.0 Å². The van der Waals surface area contributed by atoms with Crippen LogP contribution in [0.15, 0.2) is 52.4 Å². The lowest BCUT2D eigenvalue weighted by atomic mass is 10.1. The van der Waals surface area contributed by atoms with Gasteiger partial charge in [0.2, 0.25) is 0 Å². The lowest BCUT2D eigenvalue weighted by molar-refractivity contribution is -0.142. The molecule has 226 valence electrons. The Morgan fingerprint density at radius 1 is 1.16 bits per heavy atom. The Morgan fingerprint density at radius 3 is 2.56 bits per heavy atom. The molecule has 43 heavy (non-hydrogen) atoms. The zero-order valence-electron chi connectivity index (χ0n) is 24.0. The molecule has 1 aliphatic heterocycles. The summed E-state index contributed by atoms with van der Waals surface area (Å²) < 4.78 is 44.4. The number of carbonyl (C=O) groups excluding carboxylic acids is 2. The van der Waals surface area contributed by atoms with Crippen molar-refractivity contribution in [3.63, 3.8) is 0 Å². The van der Waals surface area contributed by atoms with Crippen molar-refractivity contribution in [2.75, 3.05) is 31.8 Å². The number of halogens is 2. The number of fused-ring (bicyclic) bond motifs is 1. The maximum Gasteiger partial charge on any atom is 0.330 e. The molecule has 1 saturated heterocycles. The smallest absolute Gasteiger partial charge is 0.330 e. The van der Waals surface area contributed by atoms with Gasteiger partial charge < -0.3 is 28.7 Å². The van der Waals surface area contributed by atoms with E-state index in [1.54, 1.807) is 27.6 Å². The van der Waals surface area contributed by atoms with Crippen molar-refractivity contribution in [2.24, 2.45) is 14.1 Å². The van der Waals surface area contributed by atoms with Crippen LogP contribution in [0.2, 0.25) is 0 Å². The molecule has 1 aliphatic rings. The second kappa shape index (κ2) is 11.8. The molecule has 0 bridgehead atoms. The van der Waals surface area contributed by atoms with Gasteiger partial charge in [-0.25, -0.2) is 23.4 Å². The van der Waals surface area contributed by atoms with Crippen LogP contribution in [0.3, 0.4) is 0 Å². The molecule has 1 fully saturated rings. The Morgan fingerprint density at radius 2 is 1.88 bits per heavy atom. The van der Waals surface area contributed by atoms with Gasteiger partial charge in [-0.05, 0) is 31.2 Å². The fourth-order valence-corrected chi connectivity index (χ4v) is 5.27. The third-order valence-corrected chi connectivity index (χ3v) is 7.53. The number of aryl methyl sites for hydroxylation is 1. The Hall–Kier alpha value is -4.85. The lowest BCUT2D eigenvalue weighted by Crippen LogP contribution is -2.44. The predicted octanol–water partition coefficient (Wildman–Crippen LogP) is 1.42. The number of rotatable bonds is 7. The largest absolute Gasteiger partial charge is 0.467 e. The summed E-state index contributed by atoms with van der Waals surface area (Å²) in [5.74, 6) is -4.11. The van der Waals surface area contributed by atoms with E-state index in [-0.39, 0.29) is 23.7 Å². The number of ether oxygens (including phenoxy) is 2. The van der Waals surface area contributed by atoms with Gasteiger partial charge in [0.1, 0.15) is 28.9 Å². The Bertz CT molecular complexity index is 1820. The second-order valence-corrected chi connectivity index (χ2v) is 10.3. The number of hydrogen-bond donors (Lipinski definition) is 1. The van der Waals surface area contributed by atoms with Gasteiger partial charge in [0.05, 0.1) is 25.9 Å². The highest BCUT2D eigenvalue weighted by atomic mass is 19.1. The number of nitrogens with zero attached hydrogens (tertiary/aromatic N) is 5. The number of carbonyl (C=O) groups is 2. The van der Waals surface area contributed by atoms with Crippen molar-refractivity contribution >= 4 is 23.2 Å². The van der Waals surface area contributed by atoms with Crippen molar-refractivity contribution in [1.82, 2.24) is 23.8 Å². The van der Waals surface area contributed by atoms with E-state index in [0.717, 1.165) is 23.8 Å². The Balaban J connectivity index is 1.45. The molecule has 0 unspecified atom stereocenters. The van der Waals surface area contributed by atoms with Crippen LogP contribution in [0.25, 0.3) is 16.8 Å². The van der Waals surface area contributed by atoms with Crippen molar-refractivity contribution in [1.29, 1.82) is 0 Å². The number of imidazole rings is 1. The normalized spacial score (nSPS) is 15.9. The average molecular weight is 597 g/mol. The molecule has 2 atom stereocenters. The van der Waals surface area contributed by atoms with Crippen molar-refractivity contribution < 1.29 is 27.8 Å². The fourth-order valence-electron chi connectivity index (χ4n) is 5.27. The summed E-state index contributed by atoms with van der Waals surface area (Å²) in [6, 6.07) is 3.97. The Kier molecular flexibility index (Phi) is 8.13. The summed E-state index contributed by atoms with van der Waals surface area (Å²) in [6.45, 7) is 3.11. The Labute approximate surface area is 244 Å². The molecule has 4 heterocycles. The van der Waals surface area contributed by atoms with Crippen molar-refractivity contribution in [2.45, 2.75) is 25.4 Å². The molecular weight excluding hydrogens is 566 g/mol. The van der Waals surface area contributed by atoms with E-state index in [1.807, 2.05) is 6.92 Å². The second-order valence-electron chi connectivity index (χ2n) is 10.3. The number of benzene rings is 1. The number of anilines is 1. The highest BCUT2D eigenvalue weighted by Gasteiger charge is 2.29. The number of hydrogen-bond acceptors (Lipinski definition) is 8. The summed E-state index contributed by atoms with van der Waals surface area (Å²) >= 11 is 0. The number of morpholine rings is 1. The molecule has 12 nitrogen and oxygen atoms in total. The zero-order chi connectivity index (χ0) is 31.0. The van der Waals surface area contributed by atoms with E-state index < -0.39 is 46.4 Å². The van der Waals surface area contributed by atoms with Gasteiger partial charge in [-0.3, -0.25) is 14.2 Å². The SMILES string of the molecule is COC(=O)[C@H](Cc1ccc(-c2cn(C)c(=O)n(C)c2=O)c2nccn12)NC(=O)c1c(F)cc(N2CCOC[C@@H]2C)cc1F. The van der Waals surface area contributed by atoms with E-state index in [2.05, 4.69) is 10.3 Å². The topological polar surface area (TPSA) is 129 Å². The van der Waals surface area contributed by atoms with E-state index in [4.69, 9.17) is 9.47 Å². The van der Waals surface area contributed by atoms with Crippen LogP contribution < -0.4 is 21.5 Å². The first kappa shape index (κ1) is 29.6. The van der Waals surface area contributed by atoms with Crippen molar-refractivity contribution in [3.8, 4) is 11.1 Å². The average Bonchev–Trinajstić information content (AvgIpc) is 3.48. The summed E-state index contributed by atoms with van der Waals surface area (Å²) in [5, 5.41) is 2.40. The zero-order valence-corrected chi connectivity index (χ0v) is 24.0. The first-order chi connectivity index (χ1) is 20.5. The first-order valence-electron chi connectivity index (χ1n) is 13.5. The van der Waals surface area contributed by atoms with E-state index >= 15 is 8.78 Å². The molecule has 4 aromatic rings. The fraction of sp³-hybridized carbons (Fsp3) is 0.345. The van der Waals surface area contributed by atoms with Gasteiger partial charge in [-0.1, -0.05) is 0 Å². The van der Waals surface area contributed by atoms with Gasteiger partial charge in [0, 0.05) is 68.6 Å². The highest BCUT2D eigenvalue weighted by molar-refractivity contribution is 5.97. The minimum Gasteiger partial charge on any atom is -0.467 e. The van der Waals surface area contributed by atoms with Gasteiger partial charge >= 0.3 is 11.7 Å². The van der Waals surface area contributed by atoms with Crippen LogP contribution >= 0.6 is 0 Å². The molecule has 0 saturated carbocycles. The molecule has 0 spiro atoms. The van der Waals surface area contributed by atoms with E-state index in [0.29, 0.717) is 36.7 Å². The van der Waals surface area contributed by atoms with Crippen LogP contribution in [0, 0.1) is 11.6 Å². The standard InChI is InChI=1S/C29H30F2N6O6/c1-16-15-43-10-9-36(16)18-11-21(30)24(22(31)12-18)26(38)33-23(28(40)42-4)13-17-5-6-19(25-32-7-8-37(17)25)20-14-34(2)29(41)35(3)27(20)39/h5-8,11-12,14,16,23H,9-10,13,15H2,1-4H3,(H,33,38)/t16-,23-/m0/s1. The quantitative estimate of drug-likeness (QED) is 0.317. The minimum atomic E-state index is -1.32. The lowest BCUT2D eigenvalue weighted by Gasteiger charge is -2.35. The summed E-state index contributed by atoms with van der Waals surface area (Å²) in [6.07, 6.45) is 4.37. The number of methoxy groups -OCH3 is 1. The summed E-state index contributed by atoms with van der Waals surface area (Å²) in [4.78, 5) is 57.0. The summed E-state index contributed by atoms with van der Waals surface area (Å²) in [5.41, 5.74) is -0.0546. The maximum absolute atomic E-state index is 15.2. The number of nitrogens with one attached hydrogen (secondary N) is 1. The van der Waals surface area contributed by atoms with Crippen LogP contribution in [0.4, 0.5) is 14.5 Å². The van der Waals surface area contributed by atoms with Crippen LogP contribution in [-0.2, 0) is 34.8 Å². The molecule has 1 amide bonds. The summed E-state index contributed by atoms with van der Waals surface area (Å²) in [7, 11) is 4.03. The molecule has 1 aromatic carbocycles.